The van der Waals surface area contributed by atoms with Crippen LogP contribution in [0.1, 0.15) is 11.3 Å². The summed E-state index contributed by atoms with van der Waals surface area (Å²) in [6.07, 6.45) is 1.66. The molecule has 2 rings (SSSR count). The van der Waals surface area contributed by atoms with E-state index in [2.05, 4.69) is 0 Å². The fraction of sp³-hybridized carbons (Fsp3) is 0.231. The van der Waals surface area contributed by atoms with Crippen LogP contribution in [0.25, 0.3) is 0 Å². The van der Waals surface area contributed by atoms with E-state index in [1.807, 2.05) is 18.2 Å². The number of halogens is 1. The van der Waals surface area contributed by atoms with Crippen LogP contribution in [0.2, 0.25) is 0 Å². The van der Waals surface area contributed by atoms with E-state index >= 15 is 0 Å². The van der Waals surface area contributed by atoms with Crippen LogP contribution in [0.4, 0.5) is 4.39 Å². The van der Waals surface area contributed by atoms with E-state index in [4.69, 9.17) is 9.15 Å². The maximum atomic E-state index is 13.4. The first kappa shape index (κ1) is 12.0. The Hall–Kier alpha value is -1.42. The highest BCUT2D eigenvalue weighted by Crippen LogP contribution is 2.22. The summed E-state index contributed by atoms with van der Waals surface area (Å²) in [6, 6.07) is 8.83. The van der Waals surface area contributed by atoms with Crippen molar-refractivity contribution in [2.24, 2.45) is 0 Å². The standard InChI is InChI=1S/C13H13FO2S/c1-15-13-5-4-10(7-12(13)14)8-17-9-11-3-2-6-16-11/h2-7H,8-9H2,1H3. The van der Waals surface area contributed by atoms with Crippen LogP contribution < -0.4 is 4.74 Å². The van der Waals surface area contributed by atoms with Gasteiger partial charge in [0, 0.05) is 5.75 Å². The zero-order chi connectivity index (χ0) is 12.1. The minimum absolute atomic E-state index is 0.282. The maximum Gasteiger partial charge on any atom is 0.165 e. The summed E-state index contributed by atoms with van der Waals surface area (Å²) in [7, 11) is 1.46. The first-order chi connectivity index (χ1) is 8.29. The van der Waals surface area contributed by atoms with Gasteiger partial charge in [0.25, 0.3) is 0 Å². The summed E-state index contributed by atoms with van der Waals surface area (Å²) in [5, 5.41) is 0. The normalized spacial score (nSPS) is 10.5. The SMILES string of the molecule is COc1ccc(CSCc2ccco2)cc1F. The lowest BCUT2D eigenvalue weighted by molar-refractivity contribution is 0.386. The third-order valence-corrected chi connectivity index (χ3v) is 3.34. The number of ether oxygens (including phenoxy) is 1. The topological polar surface area (TPSA) is 22.4 Å². The van der Waals surface area contributed by atoms with E-state index in [-0.39, 0.29) is 11.6 Å². The van der Waals surface area contributed by atoms with Crippen molar-refractivity contribution < 1.29 is 13.5 Å². The van der Waals surface area contributed by atoms with Crippen molar-refractivity contribution in [1.82, 2.24) is 0 Å². The summed E-state index contributed by atoms with van der Waals surface area (Å²) in [4.78, 5) is 0. The number of hydrogen-bond acceptors (Lipinski definition) is 3. The molecule has 0 aliphatic heterocycles. The van der Waals surface area contributed by atoms with Gasteiger partial charge in [-0.3, -0.25) is 0 Å². The van der Waals surface area contributed by atoms with Crippen molar-refractivity contribution in [3.8, 4) is 5.75 Å². The Balaban J connectivity index is 1.89. The van der Waals surface area contributed by atoms with E-state index in [0.717, 1.165) is 22.8 Å². The van der Waals surface area contributed by atoms with Crippen molar-refractivity contribution in [3.05, 3.63) is 53.7 Å². The molecule has 17 heavy (non-hydrogen) atoms. The van der Waals surface area contributed by atoms with Gasteiger partial charge >= 0.3 is 0 Å². The molecule has 90 valence electrons. The number of thioether (sulfide) groups is 1. The molecule has 0 N–H and O–H groups in total. The third kappa shape index (κ3) is 3.27. The minimum atomic E-state index is -0.316. The van der Waals surface area contributed by atoms with Crippen molar-refractivity contribution in [2.75, 3.05) is 7.11 Å². The van der Waals surface area contributed by atoms with Crippen molar-refractivity contribution >= 4 is 11.8 Å². The molecule has 1 aromatic heterocycles. The average molecular weight is 252 g/mol. The third-order valence-electron chi connectivity index (χ3n) is 2.31. The zero-order valence-corrected chi connectivity index (χ0v) is 10.3. The molecule has 2 nitrogen and oxygen atoms in total. The lowest BCUT2D eigenvalue weighted by Crippen LogP contribution is -1.90. The molecule has 0 aliphatic rings. The van der Waals surface area contributed by atoms with Gasteiger partial charge < -0.3 is 9.15 Å². The Labute approximate surface area is 104 Å². The summed E-state index contributed by atoms with van der Waals surface area (Å²) in [6.45, 7) is 0. The van der Waals surface area contributed by atoms with E-state index in [0.29, 0.717) is 0 Å². The lowest BCUT2D eigenvalue weighted by atomic mass is 10.2. The quantitative estimate of drug-likeness (QED) is 0.806. The predicted octanol–water partition coefficient (Wildman–Crippen LogP) is 3.86. The smallest absolute Gasteiger partial charge is 0.165 e. The largest absolute Gasteiger partial charge is 0.494 e. The van der Waals surface area contributed by atoms with Crippen LogP contribution in [-0.2, 0) is 11.5 Å². The van der Waals surface area contributed by atoms with Crippen LogP contribution in [0.3, 0.4) is 0 Å². The number of furan rings is 1. The molecular formula is C13H13FO2S. The molecule has 4 heteroatoms. The number of methoxy groups -OCH3 is 1. The van der Waals surface area contributed by atoms with Crippen molar-refractivity contribution in [3.63, 3.8) is 0 Å². The summed E-state index contributed by atoms with van der Waals surface area (Å²) in [5.41, 5.74) is 0.944. The fourth-order valence-corrected chi connectivity index (χ4v) is 2.35. The minimum Gasteiger partial charge on any atom is -0.494 e. The van der Waals surface area contributed by atoms with Gasteiger partial charge in [-0.1, -0.05) is 6.07 Å². The molecule has 0 aliphatic carbocycles. The second-order valence-electron chi connectivity index (χ2n) is 3.54. The highest BCUT2D eigenvalue weighted by molar-refractivity contribution is 7.97. The van der Waals surface area contributed by atoms with E-state index < -0.39 is 0 Å². The number of benzene rings is 1. The molecule has 0 saturated carbocycles. The Morgan fingerprint density at radius 3 is 2.82 bits per heavy atom. The van der Waals surface area contributed by atoms with E-state index in [1.165, 1.54) is 13.2 Å². The molecule has 0 radical (unpaired) electrons. The summed E-state index contributed by atoms with van der Waals surface area (Å²) >= 11 is 1.69. The summed E-state index contributed by atoms with van der Waals surface area (Å²) in [5.74, 6) is 2.44. The van der Waals surface area contributed by atoms with Crippen LogP contribution in [0.15, 0.2) is 41.0 Å². The molecular weight excluding hydrogens is 239 g/mol. The summed E-state index contributed by atoms with van der Waals surface area (Å²) < 4.78 is 23.5. The Bertz CT molecular complexity index is 468. The number of rotatable bonds is 5. The first-order valence-corrected chi connectivity index (χ1v) is 6.37. The van der Waals surface area contributed by atoms with Crippen molar-refractivity contribution in [2.45, 2.75) is 11.5 Å². The fourth-order valence-electron chi connectivity index (χ4n) is 1.46. The van der Waals surface area contributed by atoms with Crippen molar-refractivity contribution in [1.29, 1.82) is 0 Å². The Morgan fingerprint density at radius 1 is 1.29 bits per heavy atom. The predicted molar refractivity (Wildman–Crippen MR) is 66.7 cm³/mol. The first-order valence-electron chi connectivity index (χ1n) is 5.22. The van der Waals surface area contributed by atoms with Gasteiger partial charge in [0.2, 0.25) is 0 Å². The van der Waals surface area contributed by atoms with E-state index in [1.54, 1.807) is 24.1 Å². The van der Waals surface area contributed by atoms with Crippen LogP contribution in [0.5, 0.6) is 5.75 Å². The van der Waals surface area contributed by atoms with Crippen LogP contribution in [0, 0.1) is 5.82 Å². The van der Waals surface area contributed by atoms with Crippen LogP contribution in [-0.4, -0.2) is 7.11 Å². The molecule has 0 amide bonds. The molecule has 1 aromatic carbocycles. The Kier molecular flexibility index (Phi) is 4.09. The van der Waals surface area contributed by atoms with Gasteiger partial charge in [-0.05, 0) is 29.8 Å². The zero-order valence-electron chi connectivity index (χ0n) is 9.48. The average Bonchev–Trinajstić information content (AvgIpc) is 2.82. The second-order valence-corrected chi connectivity index (χ2v) is 4.53. The lowest BCUT2D eigenvalue weighted by Gasteiger charge is -2.04. The van der Waals surface area contributed by atoms with Gasteiger partial charge in [0.05, 0.1) is 19.1 Å². The molecule has 0 saturated heterocycles. The molecule has 0 bridgehead atoms. The molecule has 0 unspecified atom stereocenters. The molecule has 0 fully saturated rings. The molecule has 2 aromatic rings. The highest BCUT2D eigenvalue weighted by Gasteiger charge is 2.04. The second kappa shape index (κ2) is 5.77. The van der Waals surface area contributed by atoms with E-state index in [9.17, 15) is 4.39 Å². The molecule has 1 heterocycles. The number of hydrogen-bond donors (Lipinski definition) is 0. The monoisotopic (exact) mass is 252 g/mol. The van der Waals surface area contributed by atoms with Gasteiger partial charge in [-0.2, -0.15) is 0 Å². The Morgan fingerprint density at radius 2 is 2.18 bits per heavy atom. The molecule has 0 atom stereocenters. The maximum absolute atomic E-state index is 13.4. The van der Waals surface area contributed by atoms with Gasteiger partial charge in [0.1, 0.15) is 5.76 Å². The van der Waals surface area contributed by atoms with Crippen LogP contribution >= 0.6 is 11.8 Å². The highest BCUT2D eigenvalue weighted by atomic mass is 32.2. The van der Waals surface area contributed by atoms with Gasteiger partial charge in [-0.15, -0.1) is 11.8 Å². The molecule has 0 spiro atoms. The van der Waals surface area contributed by atoms with Gasteiger partial charge in [-0.25, -0.2) is 4.39 Å². The van der Waals surface area contributed by atoms with Gasteiger partial charge in [0.15, 0.2) is 11.6 Å².